The van der Waals surface area contributed by atoms with E-state index in [2.05, 4.69) is 42.4 Å². The molecule has 3 nitrogen and oxygen atoms in total. The number of nitrogens with one attached hydrogen (secondary N) is 1. The first-order valence-corrected chi connectivity index (χ1v) is 8.38. The molecule has 1 saturated carbocycles. The van der Waals surface area contributed by atoms with Crippen LogP contribution in [0.5, 0.6) is 5.75 Å². The van der Waals surface area contributed by atoms with Gasteiger partial charge in [0.1, 0.15) is 5.75 Å². The van der Waals surface area contributed by atoms with E-state index in [4.69, 9.17) is 4.74 Å². The quantitative estimate of drug-likeness (QED) is 0.870. The third-order valence-electron chi connectivity index (χ3n) is 5.01. The van der Waals surface area contributed by atoms with Crippen LogP contribution in [0.2, 0.25) is 0 Å². The van der Waals surface area contributed by atoms with Crippen LogP contribution < -0.4 is 10.1 Å². The number of nitrogens with zero attached hydrogens (tertiary/aromatic N) is 1. The van der Waals surface area contributed by atoms with Crippen LogP contribution in [0, 0.1) is 0 Å². The third kappa shape index (κ3) is 2.95. The Hall–Kier alpha value is -1.06. The highest BCUT2D eigenvalue weighted by atomic mass is 16.5. The van der Waals surface area contributed by atoms with Crippen molar-refractivity contribution >= 4 is 0 Å². The van der Waals surface area contributed by atoms with Gasteiger partial charge in [-0.1, -0.05) is 13.0 Å². The first-order chi connectivity index (χ1) is 10.3. The van der Waals surface area contributed by atoms with Gasteiger partial charge in [0, 0.05) is 18.1 Å². The second kappa shape index (κ2) is 6.37. The van der Waals surface area contributed by atoms with Crippen molar-refractivity contribution in [2.24, 2.45) is 0 Å². The maximum absolute atomic E-state index is 5.38. The summed E-state index contributed by atoms with van der Waals surface area (Å²) in [6, 6.07) is 8.52. The Morgan fingerprint density at radius 1 is 1.29 bits per heavy atom. The van der Waals surface area contributed by atoms with Crippen molar-refractivity contribution in [3.8, 4) is 5.75 Å². The smallest absolute Gasteiger partial charge is 0.119 e. The van der Waals surface area contributed by atoms with Crippen molar-refractivity contribution < 1.29 is 4.74 Å². The molecule has 116 valence electrons. The van der Waals surface area contributed by atoms with Crippen molar-refractivity contribution in [2.45, 2.75) is 57.2 Å². The van der Waals surface area contributed by atoms with Crippen LogP contribution in [0.25, 0.3) is 0 Å². The van der Waals surface area contributed by atoms with Crippen LogP contribution in [-0.4, -0.2) is 37.7 Å². The number of aryl methyl sites for hydroxylation is 1. The molecule has 1 fully saturated rings. The summed E-state index contributed by atoms with van der Waals surface area (Å²) in [5, 5.41) is 3.59. The molecule has 3 heteroatoms. The van der Waals surface area contributed by atoms with E-state index in [0.717, 1.165) is 11.8 Å². The number of benzene rings is 1. The second-order valence-corrected chi connectivity index (χ2v) is 6.41. The second-order valence-electron chi connectivity index (χ2n) is 6.41. The van der Waals surface area contributed by atoms with E-state index in [1.165, 1.54) is 49.8 Å². The summed E-state index contributed by atoms with van der Waals surface area (Å²) in [5.41, 5.74) is 2.92. The minimum Gasteiger partial charge on any atom is -0.497 e. The molecule has 0 bridgehead atoms. The summed E-state index contributed by atoms with van der Waals surface area (Å²) in [7, 11) is 3.85. The highest BCUT2D eigenvalue weighted by Crippen LogP contribution is 2.39. The molecule has 2 atom stereocenters. The number of methoxy groups -OCH3 is 1. The van der Waals surface area contributed by atoms with E-state index >= 15 is 0 Å². The number of likely N-dealkylation sites (N-methyl/N-ethyl adjacent to an activating group) is 1. The minimum atomic E-state index is 0.451. The van der Waals surface area contributed by atoms with Gasteiger partial charge in [-0.25, -0.2) is 0 Å². The minimum absolute atomic E-state index is 0.451. The van der Waals surface area contributed by atoms with Gasteiger partial charge in [0.15, 0.2) is 0 Å². The lowest BCUT2D eigenvalue weighted by atomic mass is 9.83. The number of ether oxygens (including phenoxy) is 1. The van der Waals surface area contributed by atoms with E-state index in [-0.39, 0.29) is 0 Å². The fraction of sp³-hybridized carbons (Fsp3) is 0.667. The fourth-order valence-electron chi connectivity index (χ4n) is 3.90. The molecule has 0 aliphatic heterocycles. The summed E-state index contributed by atoms with van der Waals surface area (Å²) in [6.07, 6.45) is 6.45. The van der Waals surface area contributed by atoms with E-state index in [0.29, 0.717) is 12.1 Å². The maximum atomic E-state index is 5.38. The number of hydrogen-bond acceptors (Lipinski definition) is 3. The topological polar surface area (TPSA) is 24.5 Å². The molecule has 0 saturated heterocycles. The SMILES string of the molecule is CCCN(C1CC1)C1CCc2cc(OC)ccc2C1NC. The number of fused-ring (bicyclic) bond motifs is 1. The van der Waals surface area contributed by atoms with Crippen LogP contribution in [-0.2, 0) is 6.42 Å². The maximum Gasteiger partial charge on any atom is 0.119 e. The molecule has 0 radical (unpaired) electrons. The van der Waals surface area contributed by atoms with Crippen molar-refractivity contribution in [2.75, 3.05) is 20.7 Å². The Labute approximate surface area is 128 Å². The molecule has 2 aliphatic carbocycles. The zero-order chi connectivity index (χ0) is 14.8. The summed E-state index contributed by atoms with van der Waals surface area (Å²) in [4.78, 5) is 2.77. The highest BCUT2D eigenvalue weighted by Gasteiger charge is 2.39. The molecule has 0 spiro atoms. The van der Waals surface area contributed by atoms with Gasteiger partial charge in [0.25, 0.3) is 0 Å². The summed E-state index contributed by atoms with van der Waals surface area (Å²) in [6.45, 7) is 3.53. The molecule has 2 aliphatic rings. The Balaban J connectivity index is 1.86. The van der Waals surface area contributed by atoms with E-state index < -0.39 is 0 Å². The van der Waals surface area contributed by atoms with Crippen LogP contribution in [0.4, 0.5) is 0 Å². The van der Waals surface area contributed by atoms with Crippen molar-refractivity contribution in [1.29, 1.82) is 0 Å². The molecular weight excluding hydrogens is 260 g/mol. The lowest BCUT2D eigenvalue weighted by Crippen LogP contribution is -2.47. The summed E-state index contributed by atoms with van der Waals surface area (Å²) in [5.74, 6) is 0.981. The van der Waals surface area contributed by atoms with E-state index in [1.54, 1.807) is 7.11 Å². The Morgan fingerprint density at radius 3 is 2.71 bits per heavy atom. The predicted molar refractivity (Wildman–Crippen MR) is 86.9 cm³/mol. The van der Waals surface area contributed by atoms with Gasteiger partial charge in [0.2, 0.25) is 0 Å². The Bertz CT molecular complexity index is 484. The summed E-state index contributed by atoms with van der Waals surface area (Å²) >= 11 is 0. The van der Waals surface area contributed by atoms with Crippen LogP contribution in [0.3, 0.4) is 0 Å². The van der Waals surface area contributed by atoms with Gasteiger partial charge < -0.3 is 10.1 Å². The van der Waals surface area contributed by atoms with Gasteiger partial charge >= 0.3 is 0 Å². The van der Waals surface area contributed by atoms with Crippen molar-refractivity contribution in [3.63, 3.8) is 0 Å². The van der Waals surface area contributed by atoms with Crippen LogP contribution in [0.15, 0.2) is 18.2 Å². The van der Waals surface area contributed by atoms with E-state index in [9.17, 15) is 0 Å². The third-order valence-corrected chi connectivity index (χ3v) is 5.01. The molecule has 0 amide bonds. The van der Waals surface area contributed by atoms with Crippen LogP contribution >= 0.6 is 0 Å². The zero-order valence-corrected chi connectivity index (χ0v) is 13.6. The first-order valence-electron chi connectivity index (χ1n) is 8.38. The average Bonchev–Trinajstić information content (AvgIpc) is 3.35. The van der Waals surface area contributed by atoms with Gasteiger partial charge in [-0.2, -0.15) is 0 Å². The predicted octanol–water partition coefficient (Wildman–Crippen LogP) is 3.14. The lowest BCUT2D eigenvalue weighted by molar-refractivity contribution is 0.134. The highest BCUT2D eigenvalue weighted by molar-refractivity contribution is 5.40. The number of rotatable bonds is 6. The van der Waals surface area contributed by atoms with Crippen LogP contribution in [0.1, 0.15) is 49.8 Å². The molecule has 0 aromatic heterocycles. The van der Waals surface area contributed by atoms with Gasteiger partial charge in [-0.15, -0.1) is 0 Å². The molecule has 0 heterocycles. The van der Waals surface area contributed by atoms with Crippen molar-refractivity contribution in [1.82, 2.24) is 10.2 Å². The fourth-order valence-corrected chi connectivity index (χ4v) is 3.90. The normalized spacial score (nSPS) is 25.0. The van der Waals surface area contributed by atoms with Gasteiger partial charge in [0.05, 0.1) is 7.11 Å². The average molecular weight is 288 g/mol. The Morgan fingerprint density at radius 2 is 2.10 bits per heavy atom. The lowest BCUT2D eigenvalue weighted by Gasteiger charge is -2.41. The van der Waals surface area contributed by atoms with E-state index in [1.807, 2.05) is 0 Å². The monoisotopic (exact) mass is 288 g/mol. The number of hydrogen-bond donors (Lipinski definition) is 1. The first kappa shape index (κ1) is 14.9. The molecular formula is C18H28N2O. The molecule has 1 aromatic rings. The zero-order valence-electron chi connectivity index (χ0n) is 13.6. The largest absolute Gasteiger partial charge is 0.497 e. The molecule has 1 aromatic carbocycles. The molecule has 2 unspecified atom stereocenters. The standard InChI is InChI=1S/C18H28N2O/c1-4-11-20(14-6-7-14)17-10-5-13-12-15(21-3)8-9-16(13)18(17)19-2/h8-9,12,14,17-19H,4-7,10-11H2,1-3H3. The van der Waals surface area contributed by atoms with Crippen molar-refractivity contribution in [3.05, 3.63) is 29.3 Å². The molecule has 1 N–H and O–H groups in total. The summed E-state index contributed by atoms with van der Waals surface area (Å²) < 4.78 is 5.38. The Kier molecular flexibility index (Phi) is 4.51. The molecule has 21 heavy (non-hydrogen) atoms. The van der Waals surface area contributed by atoms with Gasteiger partial charge in [-0.3, -0.25) is 4.90 Å². The van der Waals surface area contributed by atoms with Gasteiger partial charge in [-0.05, 0) is 69.0 Å². The molecule has 3 rings (SSSR count).